The summed E-state index contributed by atoms with van der Waals surface area (Å²) >= 11 is 0. The van der Waals surface area contributed by atoms with Crippen LogP contribution in [-0.4, -0.2) is 11.5 Å². The van der Waals surface area contributed by atoms with E-state index in [2.05, 4.69) is 24.1 Å². The highest BCUT2D eigenvalue weighted by atomic mass is 19.3. The van der Waals surface area contributed by atoms with Crippen LogP contribution in [-0.2, 0) is 11.3 Å². The van der Waals surface area contributed by atoms with Gasteiger partial charge in [0.05, 0.1) is 11.4 Å². The number of nitrogens with zero attached hydrogens (tertiary/aromatic N) is 1. The molecule has 0 atom stereocenters. The molecule has 100 valence electrons. The lowest BCUT2D eigenvalue weighted by Crippen LogP contribution is -2.20. The Balaban J connectivity index is 2.33. The van der Waals surface area contributed by atoms with E-state index in [9.17, 15) is 8.78 Å². The number of fused-ring (bicyclic) bond motifs is 1. The van der Waals surface area contributed by atoms with Crippen LogP contribution >= 0.6 is 0 Å². The van der Waals surface area contributed by atoms with Gasteiger partial charge in [-0.25, -0.2) is 8.78 Å². The van der Waals surface area contributed by atoms with Crippen molar-refractivity contribution in [3.8, 4) is 0 Å². The predicted molar refractivity (Wildman–Crippen MR) is 69.1 cm³/mol. The van der Waals surface area contributed by atoms with E-state index >= 15 is 0 Å². The first-order chi connectivity index (χ1) is 8.22. The van der Waals surface area contributed by atoms with Crippen LogP contribution in [0.25, 0.3) is 0 Å². The second kappa shape index (κ2) is 4.18. The molecule has 1 aliphatic heterocycles. The summed E-state index contributed by atoms with van der Waals surface area (Å²) in [5, 5.41) is 3.16. The zero-order chi connectivity index (χ0) is 13.6. The first kappa shape index (κ1) is 13.2. The molecule has 0 spiro atoms. The van der Waals surface area contributed by atoms with Crippen molar-refractivity contribution in [3.05, 3.63) is 23.5 Å². The lowest BCUT2D eigenvalue weighted by Gasteiger charge is -2.20. The fourth-order valence-corrected chi connectivity index (χ4v) is 2.37. The van der Waals surface area contributed by atoms with Crippen molar-refractivity contribution in [3.63, 3.8) is 0 Å². The summed E-state index contributed by atoms with van der Waals surface area (Å²) in [4.78, 5) is 4.24. The molecule has 1 aromatic heterocycles. The molecular weight excluding hydrogens is 234 g/mol. The molecule has 1 aliphatic rings. The zero-order valence-corrected chi connectivity index (χ0v) is 11.3. The van der Waals surface area contributed by atoms with E-state index in [1.807, 2.05) is 0 Å². The Kier molecular flexibility index (Phi) is 3.07. The molecule has 0 amide bonds. The lowest BCUT2D eigenvalue weighted by molar-refractivity contribution is -0.0252. The van der Waals surface area contributed by atoms with Crippen LogP contribution < -0.4 is 5.32 Å². The van der Waals surface area contributed by atoms with Crippen molar-refractivity contribution in [2.24, 2.45) is 5.92 Å². The van der Waals surface area contributed by atoms with E-state index in [4.69, 9.17) is 0 Å². The number of nitrogens with one attached hydrogen (secondary N) is 1. The predicted octanol–water partition coefficient (Wildman–Crippen LogP) is 3.92. The Morgan fingerprint density at radius 2 is 2.11 bits per heavy atom. The van der Waals surface area contributed by atoms with Gasteiger partial charge in [0.2, 0.25) is 0 Å². The van der Waals surface area contributed by atoms with Gasteiger partial charge in [-0.15, -0.1) is 0 Å². The van der Waals surface area contributed by atoms with Gasteiger partial charge in [-0.1, -0.05) is 27.7 Å². The van der Waals surface area contributed by atoms with Crippen molar-refractivity contribution in [2.45, 2.75) is 45.5 Å². The van der Waals surface area contributed by atoms with Crippen LogP contribution in [0.4, 0.5) is 14.5 Å². The number of halogens is 2. The number of hydrogen-bond donors (Lipinski definition) is 1. The van der Waals surface area contributed by atoms with E-state index in [0.717, 1.165) is 17.9 Å². The highest BCUT2D eigenvalue weighted by Crippen LogP contribution is 2.40. The number of hydrogen-bond acceptors (Lipinski definition) is 2. The van der Waals surface area contributed by atoms with Crippen molar-refractivity contribution in [1.29, 1.82) is 0 Å². The van der Waals surface area contributed by atoms with Crippen molar-refractivity contribution >= 4 is 5.69 Å². The Labute approximate surface area is 107 Å². The molecule has 0 aromatic carbocycles. The topological polar surface area (TPSA) is 24.9 Å². The third kappa shape index (κ3) is 2.33. The van der Waals surface area contributed by atoms with Crippen LogP contribution in [0.1, 0.15) is 45.4 Å². The second-order valence-corrected chi connectivity index (χ2v) is 6.16. The third-order valence-corrected chi connectivity index (χ3v) is 3.34. The molecule has 0 unspecified atom stereocenters. The highest BCUT2D eigenvalue weighted by Gasteiger charge is 2.37. The first-order valence-electron chi connectivity index (χ1n) is 6.35. The standard InChI is InChI=1S/C14H20F2N2/c1-9(2)6-14(15,16)10-5-11-12(17-7-10)13(3,4)8-18-11/h5,7,9,18H,6,8H2,1-4H3. The Hall–Kier alpha value is -1.19. The van der Waals surface area contributed by atoms with Gasteiger partial charge in [-0.3, -0.25) is 4.98 Å². The Morgan fingerprint density at radius 1 is 1.44 bits per heavy atom. The molecule has 0 bridgehead atoms. The summed E-state index contributed by atoms with van der Waals surface area (Å²) in [5.41, 5.74) is 1.56. The second-order valence-electron chi connectivity index (χ2n) is 6.16. The molecule has 2 nitrogen and oxygen atoms in total. The summed E-state index contributed by atoms with van der Waals surface area (Å²) in [7, 11) is 0. The molecule has 18 heavy (non-hydrogen) atoms. The molecule has 0 fully saturated rings. The van der Waals surface area contributed by atoms with Gasteiger partial charge in [-0.05, 0) is 12.0 Å². The molecule has 0 radical (unpaired) electrons. The fraction of sp³-hybridized carbons (Fsp3) is 0.643. The Morgan fingerprint density at radius 3 is 2.72 bits per heavy atom. The summed E-state index contributed by atoms with van der Waals surface area (Å²) in [6.45, 7) is 8.47. The molecule has 0 saturated carbocycles. The van der Waals surface area contributed by atoms with Crippen LogP contribution in [0, 0.1) is 5.92 Å². The van der Waals surface area contributed by atoms with Crippen LogP contribution in [0.15, 0.2) is 12.3 Å². The monoisotopic (exact) mass is 254 g/mol. The van der Waals surface area contributed by atoms with E-state index in [0.29, 0.717) is 0 Å². The van der Waals surface area contributed by atoms with E-state index < -0.39 is 5.92 Å². The molecule has 0 aliphatic carbocycles. The molecule has 4 heteroatoms. The summed E-state index contributed by atoms with van der Waals surface area (Å²) in [5.74, 6) is -2.84. The van der Waals surface area contributed by atoms with Gasteiger partial charge < -0.3 is 5.32 Å². The van der Waals surface area contributed by atoms with Gasteiger partial charge in [-0.2, -0.15) is 0 Å². The molecular formula is C14H20F2N2. The lowest BCUT2D eigenvalue weighted by atomic mass is 9.90. The minimum atomic E-state index is -2.80. The van der Waals surface area contributed by atoms with E-state index in [-0.39, 0.29) is 23.3 Å². The van der Waals surface area contributed by atoms with Crippen LogP contribution in [0.2, 0.25) is 0 Å². The molecule has 1 N–H and O–H groups in total. The highest BCUT2D eigenvalue weighted by molar-refractivity contribution is 5.58. The maximum atomic E-state index is 14.0. The molecule has 1 aromatic rings. The van der Waals surface area contributed by atoms with E-state index in [1.165, 1.54) is 6.20 Å². The minimum absolute atomic E-state index is 0.0140. The maximum Gasteiger partial charge on any atom is 0.275 e. The molecule has 2 rings (SSSR count). The minimum Gasteiger partial charge on any atom is -0.383 e. The number of anilines is 1. The van der Waals surface area contributed by atoms with Gasteiger partial charge in [0.1, 0.15) is 0 Å². The zero-order valence-electron chi connectivity index (χ0n) is 11.3. The summed E-state index contributed by atoms with van der Waals surface area (Å²) < 4.78 is 28.0. The average Bonchev–Trinajstić information content (AvgIpc) is 2.53. The average molecular weight is 254 g/mol. The molecule has 2 heterocycles. The smallest absolute Gasteiger partial charge is 0.275 e. The van der Waals surface area contributed by atoms with Gasteiger partial charge >= 0.3 is 0 Å². The number of aromatic nitrogens is 1. The van der Waals surface area contributed by atoms with Gasteiger partial charge in [0, 0.05) is 30.1 Å². The van der Waals surface area contributed by atoms with Crippen LogP contribution in [0.3, 0.4) is 0 Å². The summed E-state index contributed by atoms with van der Waals surface area (Å²) in [6, 6.07) is 1.56. The van der Waals surface area contributed by atoms with Crippen molar-refractivity contribution in [2.75, 3.05) is 11.9 Å². The third-order valence-electron chi connectivity index (χ3n) is 3.34. The van der Waals surface area contributed by atoms with Gasteiger partial charge in [0.25, 0.3) is 5.92 Å². The van der Waals surface area contributed by atoms with Crippen LogP contribution in [0.5, 0.6) is 0 Å². The molecule has 0 saturated heterocycles. The Bertz CT molecular complexity index is 453. The van der Waals surface area contributed by atoms with Gasteiger partial charge in [0.15, 0.2) is 0 Å². The van der Waals surface area contributed by atoms with Crippen molar-refractivity contribution in [1.82, 2.24) is 4.98 Å². The fourth-order valence-electron chi connectivity index (χ4n) is 2.37. The number of pyridine rings is 1. The quantitative estimate of drug-likeness (QED) is 0.884. The number of rotatable bonds is 3. The van der Waals surface area contributed by atoms with E-state index in [1.54, 1.807) is 19.9 Å². The normalized spacial score (nSPS) is 17.7. The van der Waals surface area contributed by atoms with Crippen molar-refractivity contribution < 1.29 is 8.78 Å². The SMILES string of the molecule is CC(C)CC(F)(F)c1cnc2c(c1)NCC2(C)C. The largest absolute Gasteiger partial charge is 0.383 e. The number of alkyl halides is 2. The summed E-state index contributed by atoms with van der Waals surface area (Å²) in [6.07, 6.45) is 1.19. The first-order valence-corrected chi connectivity index (χ1v) is 6.35. The maximum absolute atomic E-state index is 14.0.